The summed E-state index contributed by atoms with van der Waals surface area (Å²) < 4.78 is 5.41. The third-order valence-corrected chi connectivity index (χ3v) is 2.94. The maximum absolute atomic E-state index is 10.7. The summed E-state index contributed by atoms with van der Waals surface area (Å²) in [5.74, 6) is -0.383. The molecule has 0 saturated heterocycles. The van der Waals surface area contributed by atoms with Gasteiger partial charge in [0.05, 0.1) is 6.57 Å². The number of rotatable bonds is 2. The molecule has 15 heavy (non-hydrogen) atoms. The lowest BCUT2D eigenvalue weighted by atomic mass is 10.2. The zero-order valence-electron chi connectivity index (χ0n) is 7.88. The Bertz CT molecular complexity index is 440. The molecule has 0 spiro atoms. The van der Waals surface area contributed by atoms with Crippen molar-refractivity contribution in [2.75, 3.05) is 0 Å². The fraction of sp³-hybridized carbons (Fsp3) is 0.200. The minimum absolute atomic E-state index is 0.0676. The van der Waals surface area contributed by atoms with Crippen molar-refractivity contribution in [3.8, 4) is 0 Å². The van der Waals surface area contributed by atoms with Gasteiger partial charge in [-0.15, -0.1) is 0 Å². The molecule has 0 N–H and O–H groups in total. The van der Waals surface area contributed by atoms with Crippen molar-refractivity contribution < 1.29 is 9.53 Å². The van der Waals surface area contributed by atoms with Gasteiger partial charge < -0.3 is 4.74 Å². The van der Waals surface area contributed by atoms with E-state index in [0.29, 0.717) is 20.7 Å². The number of esters is 1. The Hall–Kier alpha value is -1.05. The summed E-state index contributed by atoms with van der Waals surface area (Å²) >= 11 is 9.17. The predicted molar refractivity (Wildman–Crippen MR) is 60.9 cm³/mol. The normalized spacial score (nSPS) is 9.47. The van der Waals surface area contributed by atoms with Crippen LogP contribution in [0.5, 0.6) is 0 Å². The highest BCUT2D eigenvalue weighted by Gasteiger charge is 2.11. The molecule has 1 rings (SSSR count). The number of halogens is 2. The van der Waals surface area contributed by atoms with Gasteiger partial charge in [-0.05, 0) is 0 Å². The van der Waals surface area contributed by atoms with Crippen molar-refractivity contribution in [3.63, 3.8) is 0 Å². The maximum atomic E-state index is 10.7. The third kappa shape index (κ3) is 2.95. The SMILES string of the molecule is [C-]#[N+]c1ccc(Cl)c(COC(C)=O)c1Br. The molecule has 1 aromatic rings. The summed E-state index contributed by atoms with van der Waals surface area (Å²) in [5, 5.41) is 0.468. The van der Waals surface area contributed by atoms with Crippen LogP contribution in [0.25, 0.3) is 4.85 Å². The number of benzene rings is 1. The lowest BCUT2D eigenvalue weighted by molar-refractivity contribution is -0.142. The van der Waals surface area contributed by atoms with Gasteiger partial charge in [-0.25, -0.2) is 4.85 Å². The number of hydrogen-bond acceptors (Lipinski definition) is 2. The Balaban J connectivity index is 3.05. The molecule has 0 aliphatic carbocycles. The molecule has 0 heterocycles. The molecule has 5 heteroatoms. The van der Waals surface area contributed by atoms with Crippen LogP contribution in [0.4, 0.5) is 5.69 Å². The molecular weight excluding hydrogens is 281 g/mol. The van der Waals surface area contributed by atoms with Gasteiger partial charge in [0.15, 0.2) is 0 Å². The molecule has 3 nitrogen and oxygen atoms in total. The fourth-order valence-corrected chi connectivity index (χ4v) is 1.85. The van der Waals surface area contributed by atoms with E-state index >= 15 is 0 Å². The summed E-state index contributed by atoms with van der Waals surface area (Å²) in [6.07, 6.45) is 0. The smallest absolute Gasteiger partial charge is 0.302 e. The van der Waals surface area contributed by atoms with Gasteiger partial charge in [0.25, 0.3) is 0 Å². The molecule has 0 radical (unpaired) electrons. The molecule has 0 aliphatic heterocycles. The monoisotopic (exact) mass is 287 g/mol. The average Bonchev–Trinajstić information content (AvgIpc) is 2.17. The summed E-state index contributed by atoms with van der Waals surface area (Å²) in [6.45, 7) is 8.30. The van der Waals surface area contributed by atoms with Crippen molar-refractivity contribution in [2.24, 2.45) is 0 Å². The first kappa shape index (κ1) is 12.0. The first-order valence-electron chi connectivity index (χ1n) is 4.04. The van der Waals surface area contributed by atoms with Crippen LogP contribution in [0.3, 0.4) is 0 Å². The Kier molecular flexibility index (Phi) is 4.13. The Morgan fingerprint density at radius 2 is 2.33 bits per heavy atom. The molecule has 0 atom stereocenters. The average molecular weight is 289 g/mol. The Morgan fingerprint density at radius 1 is 1.67 bits per heavy atom. The lowest BCUT2D eigenvalue weighted by Gasteiger charge is -2.08. The van der Waals surface area contributed by atoms with Crippen molar-refractivity contribution in [1.82, 2.24) is 0 Å². The summed E-state index contributed by atoms with van der Waals surface area (Å²) in [5.41, 5.74) is 1.06. The molecule has 0 unspecified atom stereocenters. The van der Waals surface area contributed by atoms with E-state index in [1.807, 2.05) is 0 Å². The number of carbonyl (C=O) groups excluding carboxylic acids is 1. The fourth-order valence-electron chi connectivity index (χ4n) is 0.978. The first-order chi connectivity index (χ1) is 7.06. The van der Waals surface area contributed by atoms with Gasteiger partial charge in [-0.1, -0.05) is 39.7 Å². The number of hydrogen-bond donors (Lipinski definition) is 0. The standard InChI is InChI=1S/C10H7BrClNO2/c1-6(14)15-5-7-8(12)3-4-9(13-2)10(7)11/h3-4H,5H2,1H3. The lowest BCUT2D eigenvalue weighted by Crippen LogP contribution is -2.00. The van der Waals surface area contributed by atoms with Crippen molar-refractivity contribution in [3.05, 3.63) is 38.6 Å². The van der Waals surface area contributed by atoms with Crippen LogP contribution in [0, 0.1) is 6.57 Å². The van der Waals surface area contributed by atoms with E-state index in [9.17, 15) is 4.79 Å². The topological polar surface area (TPSA) is 30.7 Å². The van der Waals surface area contributed by atoms with Gasteiger partial charge in [-0.3, -0.25) is 4.79 Å². The van der Waals surface area contributed by atoms with Crippen molar-refractivity contribution in [2.45, 2.75) is 13.5 Å². The van der Waals surface area contributed by atoms with E-state index in [0.717, 1.165) is 0 Å². The van der Waals surface area contributed by atoms with Crippen LogP contribution in [-0.4, -0.2) is 5.97 Å². The van der Waals surface area contributed by atoms with E-state index in [4.69, 9.17) is 22.9 Å². The molecule has 1 aromatic carbocycles. The van der Waals surface area contributed by atoms with E-state index in [1.165, 1.54) is 6.92 Å². The van der Waals surface area contributed by atoms with Crippen molar-refractivity contribution >= 4 is 39.2 Å². The molecule has 78 valence electrons. The molecule has 0 fully saturated rings. The van der Waals surface area contributed by atoms with Crippen LogP contribution in [0.2, 0.25) is 5.02 Å². The Labute approximate surface area is 101 Å². The highest BCUT2D eigenvalue weighted by atomic mass is 79.9. The molecule has 0 bridgehead atoms. The van der Waals surface area contributed by atoms with Crippen LogP contribution in [0.15, 0.2) is 16.6 Å². The summed E-state index contributed by atoms with van der Waals surface area (Å²) in [4.78, 5) is 14.0. The Morgan fingerprint density at radius 3 is 2.87 bits per heavy atom. The van der Waals surface area contributed by atoms with E-state index in [1.54, 1.807) is 12.1 Å². The largest absolute Gasteiger partial charge is 0.461 e. The first-order valence-corrected chi connectivity index (χ1v) is 5.21. The van der Waals surface area contributed by atoms with Gasteiger partial charge >= 0.3 is 5.97 Å². The van der Waals surface area contributed by atoms with Gasteiger partial charge in [0.1, 0.15) is 6.61 Å². The van der Waals surface area contributed by atoms with Gasteiger partial charge in [0, 0.05) is 22.0 Å². The van der Waals surface area contributed by atoms with Crippen LogP contribution in [0.1, 0.15) is 12.5 Å². The number of carbonyl (C=O) groups is 1. The molecule has 0 saturated carbocycles. The highest BCUT2D eigenvalue weighted by Crippen LogP contribution is 2.34. The van der Waals surface area contributed by atoms with E-state index in [-0.39, 0.29) is 12.6 Å². The quantitative estimate of drug-likeness (QED) is 0.613. The summed E-state index contributed by atoms with van der Waals surface area (Å²) in [7, 11) is 0. The molecule has 0 aliphatic rings. The molecule has 0 aromatic heterocycles. The zero-order chi connectivity index (χ0) is 11.4. The predicted octanol–water partition coefficient (Wildman–Crippen LogP) is 3.72. The highest BCUT2D eigenvalue weighted by molar-refractivity contribution is 9.10. The molecule has 0 amide bonds. The maximum Gasteiger partial charge on any atom is 0.302 e. The van der Waals surface area contributed by atoms with Crippen molar-refractivity contribution in [1.29, 1.82) is 0 Å². The van der Waals surface area contributed by atoms with Gasteiger partial charge in [0.2, 0.25) is 5.69 Å². The second-order valence-electron chi connectivity index (χ2n) is 2.75. The second kappa shape index (κ2) is 5.15. The van der Waals surface area contributed by atoms with E-state index < -0.39 is 0 Å². The number of ether oxygens (including phenoxy) is 1. The second-order valence-corrected chi connectivity index (χ2v) is 3.95. The number of nitrogens with zero attached hydrogens (tertiary/aromatic N) is 1. The minimum atomic E-state index is -0.383. The molecular formula is C10H7BrClNO2. The minimum Gasteiger partial charge on any atom is -0.461 e. The summed E-state index contributed by atoms with van der Waals surface area (Å²) in [6, 6.07) is 3.22. The van der Waals surface area contributed by atoms with Crippen LogP contribution >= 0.6 is 27.5 Å². The third-order valence-electron chi connectivity index (χ3n) is 1.71. The van der Waals surface area contributed by atoms with Crippen LogP contribution in [-0.2, 0) is 16.1 Å². The van der Waals surface area contributed by atoms with E-state index in [2.05, 4.69) is 20.8 Å². The zero-order valence-corrected chi connectivity index (χ0v) is 10.2. The van der Waals surface area contributed by atoms with Crippen LogP contribution < -0.4 is 0 Å². The van der Waals surface area contributed by atoms with Gasteiger partial charge in [-0.2, -0.15) is 0 Å².